The quantitative estimate of drug-likeness (QED) is 0.0793. The van der Waals surface area contributed by atoms with E-state index in [1.807, 2.05) is 25.1 Å². The van der Waals surface area contributed by atoms with Gasteiger partial charge in [0.2, 0.25) is 11.8 Å². The number of carbonyl (C=O) groups is 4. The van der Waals surface area contributed by atoms with Gasteiger partial charge in [-0.3, -0.25) is 34.3 Å². The Morgan fingerprint density at radius 1 is 0.941 bits per heavy atom. The normalized spacial score (nSPS) is 18.8. The number of nitrogens with one attached hydrogen (secondary N) is 4. The van der Waals surface area contributed by atoms with Crippen LogP contribution >= 0.6 is 0 Å². The molecule has 0 saturated carbocycles. The molecule has 0 spiro atoms. The molecule has 8 rings (SSSR count). The summed E-state index contributed by atoms with van der Waals surface area (Å²) in [6, 6.07) is 21.7. The standard InChI is InChI=1S/C25H28F2N4O3.C24H29N3O6S/c1-29-21-13-18(7-8-19(21)23(28)20-9-10-22(32)30-24(20)33)34-17-5-3-16(4-6-17)14-31-12-2-11-25(26,27)15-31;1-4-33-21-14-16(8-9-20(21)32-2)19(15-34(3,30)31)27-23(28)17-6-5-7-18(22(17)24(27)29)26-12-10-25-11-13-26/h3-8,13,20,28-29H,2,9-12,14-15H2,1H3,(H,30,32,33);5-9,14,19,25H,4,10-13,15H2,1-3H3. The lowest BCUT2D eigenvalue weighted by molar-refractivity contribution is -0.134. The van der Waals surface area contributed by atoms with E-state index >= 15 is 0 Å². The fourth-order valence-electron chi connectivity index (χ4n) is 8.94. The minimum atomic E-state index is -3.55. The first-order chi connectivity index (χ1) is 32.5. The van der Waals surface area contributed by atoms with E-state index in [1.165, 1.54) is 7.11 Å². The predicted molar refractivity (Wildman–Crippen MR) is 253 cm³/mol. The van der Waals surface area contributed by atoms with Gasteiger partial charge in [-0.25, -0.2) is 17.2 Å². The summed E-state index contributed by atoms with van der Waals surface area (Å²) in [6.07, 6.45) is 2.07. The summed E-state index contributed by atoms with van der Waals surface area (Å²) >= 11 is 0. The Labute approximate surface area is 394 Å². The molecule has 4 aromatic carbocycles. The van der Waals surface area contributed by atoms with Crippen molar-refractivity contribution in [3.05, 3.63) is 107 Å². The highest BCUT2D eigenvalue weighted by atomic mass is 32.2. The second-order valence-electron chi connectivity index (χ2n) is 17.2. The van der Waals surface area contributed by atoms with E-state index in [2.05, 4.69) is 20.9 Å². The number of rotatable bonds is 15. The van der Waals surface area contributed by atoms with Gasteiger partial charge in [-0.2, -0.15) is 0 Å². The third kappa shape index (κ3) is 11.6. The molecule has 4 N–H and O–H groups in total. The fourth-order valence-corrected chi connectivity index (χ4v) is 9.85. The Hall–Kier alpha value is -6.44. The maximum atomic E-state index is 13.7. The van der Waals surface area contributed by atoms with Crippen molar-refractivity contribution in [3.63, 3.8) is 0 Å². The average Bonchev–Trinajstić information content (AvgIpc) is 3.57. The van der Waals surface area contributed by atoms with E-state index in [1.54, 1.807) is 72.6 Å². The lowest BCUT2D eigenvalue weighted by atomic mass is 9.88. The molecule has 0 aromatic heterocycles. The number of piperidine rings is 2. The molecule has 4 aliphatic rings. The maximum absolute atomic E-state index is 13.7. The van der Waals surface area contributed by atoms with Crippen LogP contribution in [0.1, 0.15) is 76.1 Å². The molecule has 19 heteroatoms. The molecule has 0 aliphatic carbocycles. The number of carbonyl (C=O) groups excluding carboxylic acids is 4. The predicted octanol–water partition coefficient (Wildman–Crippen LogP) is 6.06. The van der Waals surface area contributed by atoms with Crippen LogP contribution in [0.15, 0.2) is 78.9 Å². The Morgan fingerprint density at radius 3 is 2.34 bits per heavy atom. The van der Waals surface area contributed by atoms with E-state index in [0.29, 0.717) is 96.7 Å². The van der Waals surface area contributed by atoms with Crippen LogP contribution in [0.25, 0.3) is 0 Å². The van der Waals surface area contributed by atoms with E-state index in [4.69, 9.17) is 19.6 Å². The van der Waals surface area contributed by atoms with Crippen LogP contribution in [-0.4, -0.2) is 126 Å². The largest absolute Gasteiger partial charge is 0.493 e. The van der Waals surface area contributed by atoms with Crippen molar-refractivity contribution in [3.8, 4) is 23.0 Å². The molecule has 2 unspecified atom stereocenters. The summed E-state index contributed by atoms with van der Waals surface area (Å²) < 4.78 is 69.0. The average molecular weight is 958 g/mol. The summed E-state index contributed by atoms with van der Waals surface area (Å²) in [5.41, 5.74) is 4.08. The van der Waals surface area contributed by atoms with E-state index < -0.39 is 51.2 Å². The number of likely N-dealkylation sites (tertiary alicyclic amines) is 1. The van der Waals surface area contributed by atoms with Gasteiger partial charge in [0.05, 0.1) is 60.5 Å². The number of nitrogens with zero attached hydrogens (tertiary/aromatic N) is 3. The zero-order chi connectivity index (χ0) is 48.8. The molecule has 4 aromatic rings. The van der Waals surface area contributed by atoms with E-state index in [0.717, 1.165) is 29.8 Å². The third-order valence-corrected chi connectivity index (χ3v) is 13.1. The number of hydrogen-bond donors (Lipinski definition) is 4. The van der Waals surface area contributed by atoms with Crippen LogP contribution in [0, 0.1) is 11.3 Å². The molecule has 0 radical (unpaired) electrons. The van der Waals surface area contributed by atoms with Gasteiger partial charge in [0.25, 0.3) is 17.7 Å². The molecule has 362 valence electrons. The highest BCUT2D eigenvalue weighted by Gasteiger charge is 2.44. The van der Waals surface area contributed by atoms with Gasteiger partial charge >= 0.3 is 0 Å². The number of ether oxygens (including phenoxy) is 3. The van der Waals surface area contributed by atoms with Gasteiger partial charge in [-0.05, 0) is 86.0 Å². The van der Waals surface area contributed by atoms with Crippen LogP contribution in [-0.2, 0) is 26.0 Å². The number of imide groups is 2. The van der Waals surface area contributed by atoms with Gasteiger partial charge in [-0.1, -0.05) is 24.3 Å². The lowest BCUT2D eigenvalue weighted by Gasteiger charge is -2.32. The molecule has 3 saturated heterocycles. The minimum Gasteiger partial charge on any atom is -0.493 e. The van der Waals surface area contributed by atoms with Gasteiger partial charge in [-0.15, -0.1) is 0 Å². The molecular formula is C49H57F2N7O9S. The molecular weight excluding hydrogens is 901 g/mol. The Balaban J connectivity index is 0.000000201. The zero-order valence-electron chi connectivity index (χ0n) is 38.5. The SMILES string of the molecule is CCOc1cc(C(CS(C)(=O)=O)N2C(=O)c3cccc(N4CCNCC4)c3C2=O)ccc1OC.CNc1cc(Oc2ccc(CN3CCCC(F)(F)C3)cc2)ccc1C(=N)C1CCC(=O)NC1=O. The second-order valence-corrected chi connectivity index (χ2v) is 19.3. The van der Waals surface area contributed by atoms with Crippen LogP contribution in [0.2, 0.25) is 0 Å². The summed E-state index contributed by atoms with van der Waals surface area (Å²) in [5, 5.41) is 17.1. The number of sulfone groups is 1. The van der Waals surface area contributed by atoms with Crippen molar-refractivity contribution in [2.75, 3.05) is 82.3 Å². The van der Waals surface area contributed by atoms with E-state index in [9.17, 15) is 36.4 Å². The number of methoxy groups -OCH3 is 1. The molecule has 4 aliphatic heterocycles. The molecule has 4 heterocycles. The van der Waals surface area contributed by atoms with Crippen LogP contribution < -0.4 is 35.1 Å². The van der Waals surface area contributed by atoms with Crippen molar-refractivity contribution < 1.29 is 50.6 Å². The van der Waals surface area contributed by atoms with Crippen LogP contribution in [0.4, 0.5) is 20.2 Å². The molecule has 2 atom stereocenters. The smallest absolute Gasteiger partial charge is 0.264 e. The van der Waals surface area contributed by atoms with Crippen molar-refractivity contribution >= 4 is 50.6 Å². The summed E-state index contributed by atoms with van der Waals surface area (Å²) in [6.45, 7) is 6.09. The van der Waals surface area contributed by atoms with E-state index in [-0.39, 0.29) is 36.6 Å². The number of fused-ring (bicyclic) bond motifs is 1. The molecule has 16 nitrogen and oxygen atoms in total. The highest BCUT2D eigenvalue weighted by Crippen LogP contribution is 2.40. The van der Waals surface area contributed by atoms with Crippen LogP contribution in [0.5, 0.6) is 23.0 Å². The van der Waals surface area contributed by atoms with Gasteiger partial charge in [0, 0.05) is 76.2 Å². The maximum Gasteiger partial charge on any atom is 0.264 e. The van der Waals surface area contributed by atoms with Crippen molar-refractivity contribution in [1.82, 2.24) is 20.4 Å². The number of anilines is 2. The monoisotopic (exact) mass is 957 g/mol. The lowest BCUT2D eigenvalue weighted by Crippen LogP contribution is -2.44. The minimum absolute atomic E-state index is 0.0450. The fraction of sp³-hybridized carbons (Fsp3) is 0.408. The Kier molecular flexibility index (Phi) is 15.5. The number of amides is 4. The topological polar surface area (TPSA) is 200 Å². The second kappa shape index (κ2) is 21.2. The Morgan fingerprint density at radius 2 is 1.68 bits per heavy atom. The number of piperazine rings is 1. The zero-order valence-corrected chi connectivity index (χ0v) is 39.3. The molecule has 4 amide bonds. The summed E-state index contributed by atoms with van der Waals surface area (Å²) in [4.78, 5) is 55.7. The third-order valence-electron chi connectivity index (χ3n) is 12.2. The van der Waals surface area contributed by atoms with Gasteiger partial charge in [0.15, 0.2) is 11.5 Å². The van der Waals surface area contributed by atoms with Crippen LogP contribution in [0.3, 0.4) is 0 Å². The first-order valence-electron chi connectivity index (χ1n) is 22.6. The first-order valence-corrected chi connectivity index (χ1v) is 24.6. The van der Waals surface area contributed by atoms with Crippen molar-refractivity contribution in [2.45, 2.75) is 51.1 Å². The molecule has 3 fully saturated rings. The Bertz CT molecular complexity index is 2660. The number of halogens is 2. The molecule has 68 heavy (non-hydrogen) atoms. The van der Waals surface area contributed by atoms with Gasteiger partial charge in [0.1, 0.15) is 21.3 Å². The van der Waals surface area contributed by atoms with Gasteiger partial charge < -0.3 is 35.2 Å². The highest BCUT2D eigenvalue weighted by molar-refractivity contribution is 7.90. The first kappa shape index (κ1) is 49.5. The summed E-state index contributed by atoms with van der Waals surface area (Å²) in [7, 11) is -0.323. The molecule has 0 bridgehead atoms. The summed E-state index contributed by atoms with van der Waals surface area (Å²) in [5.74, 6) is -3.41. The van der Waals surface area contributed by atoms with Crippen molar-refractivity contribution in [2.24, 2.45) is 5.92 Å². The van der Waals surface area contributed by atoms with Crippen molar-refractivity contribution in [1.29, 1.82) is 5.41 Å². The number of alkyl halides is 2. The number of hydrogen-bond acceptors (Lipinski definition) is 14. The number of benzene rings is 4.